The van der Waals surface area contributed by atoms with Crippen LogP contribution in [0.15, 0.2) is 24.5 Å². The van der Waals surface area contributed by atoms with E-state index in [2.05, 4.69) is 15.0 Å². The molecule has 2 heterocycles. The summed E-state index contributed by atoms with van der Waals surface area (Å²) in [7, 11) is 0. The molecule has 2 aromatic heterocycles. The van der Waals surface area contributed by atoms with Crippen molar-refractivity contribution >= 4 is 0 Å². The smallest absolute Gasteiger partial charge is 0.161 e. The lowest BCUT2D eigenvalue weighted by Crippen LogP contribution is -2.19. The van der Waals surface area contributed by atoms with E-state index in [1.165, 1.54) is 0 Å². The van der Waals surface area contributed by atoms with E-state index in [0.29, 0.717) is 0 Å². The van der Waals surface area contributed by atoms with Gasteiger partial charge in [-0.25, -0.2) is 9.97 Å². The lowest BCUT2D eigenvalue weighted by molar-refractivity contribution is 0.719. The molecule has 0 radical (unpaired) electrons. The molecule has 2 N–H and O–H groups in total. The molecule has 0 saturated carbocycles. The van der Waals surface area contributed by atoms with Crippen LogP contribution in [0.25, 0.3) is 11.4 Å². The standard InChI is InChI=1S/C14H18N4/c1-9-4-5-16-8-13(9)14-17-11(3)7-12(18-14)6-10(2)15/h4-5,7-8,10H,6,15H2,1-3H3. The topological polar surface area (TPSA) is 64.7 Å². The molecule has 2 aromatic rings. The first-order valence-electron chi connectivity index (χ1n) is 6.07. The third-order valence-electron chi connectivity index (χ3n) is 2.72. The fourth-order valence-corrected chi connectivity index (χ4v) is 1.89. The molecule has 0 spiro atoms. The minimum absolute atomic E-state index is 0.0992. The lowest BCUT2D eigenvalue weighted by Gasteiger charge is -2.09. The molecular weight excluding hydrogens is 224 g/mol. The van der Waals surface area contributed by atoms with E-state index in [-0.39, 0.29) is 6.04 Å². The molecule has 0 fully saturated rings. The molecule has 1 atom stereocenters. The molecule has 18 heavy (non-hydrogen) atoms. The summed E-state index contributed by atoms with van der Waals surface area (Å²) in [5, 5.41) is 0. The molecule has 0 aliphatic heterocycles. The maximum Gasteiger partial charge on any atom is 0.161 e. The summed E-state index contributed by atoms with van der Waals surface area (Å²) in [6.45, 7) is 5.99. The van der Waals surface area contributed by atoms with Crippen molar-refractivity contribution in [3.8, 4) is 11.4 Å². The largest absolute Gasteiger partial charge is 0.328 e. The fourth-order valence-electron chi connectivity index (χ4n) is 1.89. The number of aryl methyl sites for hydroxylation is 2. The van der Waals surface area contributed by atoms with Crippen LogP contribution in [0.4, 0.5) is 0 Å². The van der Waals surface area contributed by atoms with Crippen LogP contribution < -0.4 is 5.73 Å². The third-order valence-corrected chi connectivity index (χ3v) is 2.72. The molecule has 0 aliphatic carbocycles. The van der Waals surface area contributed by atoms with Gasteiger partial charge in [-0.1, -0.05) is 0 Å². The van der Waals surface area contributed by atoms with Crippen LogP contribution in [0, 0.1) is 13.8 Å². The first-order chi connectivity index (χ1) is 8.56. The van der Waals surface area contributed by atoms with Crippen LogP contribution in [-0.2, 0) is 6.42 Å². The van der Waals surface area contributed by atoms with Crippen LogP contribution in [0.3, 0.4) is 0 Å². The molecule has 94 valence electrons. The van der Waals surface area contributed by atoms with Crippen LogP contribution in [-0.4, -0.2) is 21.0 Å². The highest BCUT2D eigenvalue weighted by Gasteiger charge is 2.08. The van der Waals surface area contributed by atoms with Crippen LogP contribution in [0.5, 0.6) is 0 Å². The molecular formula is C14H18N4. The number of hydrogen-bond donors (Lipinski definition) is 1. The predicted molar refractivity (Wildman–Crippen MR) is 72.1 cm³/mol. The van der Waals surface area contributed by atoms with Gasteiger partial charge in [-0.2, -0.15) is 0 Å². The van der Waals surface area contributed by atoms with Gasteiger partial charge in [0.05, 0.1) is 0 Å². The van der Waals surface area contributed by atoms with Crippen molar-refractivity contribution in [2.24, 2.45) is 5.73 Å². The molecule has 4 heteroatoms. The van der Waals surface area contributed by atoms with E-state index < -0.39 is 0 Å². The Morgan fingerprint density at radius 1 is 1.28 bits per heavy atom. The van der Waals surface area contributed by atoms with Crippen molar-refractivity contribution in [1.29, 1.82) is 0 Å². The Hall–Kier alpha value is -1.81. The average Bonchev–Trinajstić information content (AvgIpc) is 2.27. The van der Waals surface area contributed by atoms with Gasteiger partial charge in [-0.05, 0) is 38.5 Å². The fraction of sp³-hybridized carbons (Fsp3) is 0.357. The molecule has 0 aromatic carbocycles. The third kappa shape index (κ3) is 2.90. The minimum Gasteiger partial charge on any atom is -0.328 e. The number of aromatic nitrogens is 3. The van der Waals surface area contributed by atoms with Crippen LogP contribution in [0.1, 0.15) is 23.9 Å². The van der Waals surface area contributed by atoms with E-state index in [1.54, 1.807) is 12.4 Å². The molecule has 0 aliphatic rings. The highest BCUT2D eigenvalue weighted by atomic mass is 14.9. The van der Waals surface area contributed by atoms with Gasteiger partial charge in [0.25, 0.3) is 0 Å². The highest BCUT2D eigenvalue weighted by molar-refractivity contribution is 5.58. The molecule has 0 saturated heterocycles. The number of nitrogens with zero attached hydrogens (tertiary/aromatic N) is 3. The van der Waals surface area contributed by atoms with E-state index in [9.17, 15) is 0 Å². The van der Waals surface area contributed by atoms with E-state index in [0.717, 1.165) is 34.8 Å². The minimum atomic E-state index is 0.0992. The van der Waals surface area contributed by atoms with Gasteiger partial charge in [-0.3, -0.25) is 4.98 Å². The van der Waals surface area contributed by atoms with E-state index in [1.807, 2.05) is 32.9 Å². The van der Waals surface area contributed by atoms with Crippen LogP contribution >= 0.6 is 0 Å². The van der Waals surface area contributed by atoms with Gasteiger partial charge in [0.2, 0.25) is 0 Å². The quantitative estimate of drug-likeness (QED) is 0.894. The maximum atomic E-state index is 5.82. The Balaban J connectivity index is 2.45. The van der Waals surface area contributed by atoms with Gasteiger partial charge < -0.3 is 5.73 Å². The van der Waals surface area contributed by atoms with Gasteiger partial charge in [-0.15, -0.1) is 0 Å². The number of rotatable bonds is 3. The zero-order valence-corrected chi connectivity index (χ0v) is 11.0. The summed E-state index contributed by atoms with van der Waals surface area (Å²) in [5.74, 6) is 0.733. The van der Waals surface area contributed by atoms with Crippen molar-refractivity contribution in [3.05, 3.63) is 41.5 Å². The average molecular weight is 242 g/mol. The van der Waals surface area contributed by atoms with Gasteiger partial charge in [0.1, 0.15) is 0 Å². The number of nitrogens with two attached hydrogens (primary N) is 1. The van der Waals surface area contributed by atoms with Crippen molar-refractivity contribution in [2.45, 2.75) is 33.2 Å². The van der Waals surface area contributed by atoms with E-state index in [4.69, 9.17) is 5.73 Å². The normalized spacial score (nSPS) is 12.4. The van der Waals surface area contributed by atoms with Gasteiger partial charge >= 0.3 is 0 Å². The van der Waals surface area contributed by atoms with Crippen molar-refractivity contribution in [1.82, 2.24) is 15.0 Å². The number of hydrogen-bond acceptors (Lipinski definition) is 4. The Kier molecular flexibility index (Phi) is 3.67. The van der Waals surface area contributed by atoms with Crippen molar-refractivity contribution < 1.29 is 0 Å². The Morgan fingerprint density at radius 3 is 2.72 bits per heavy atom. The zero-order valence-electron chi connectivity index (χ0n) is 11.0. The first kappa shape index (κ1) is 12.6. The van der Waals surface area contributed by atoms with Crippen molar-refractivity contribution in [2.75, 3.05) is 0 Å². The lowest BCUT2D eigenvalue weighted by atomic mass is 10.1. The molecule has 0 amide bonds. The monoisotopic (exact) mass is 242 g/mol. The Bertz CT molecular complexity index is 549. The first-order valence-corrected chi connectivity index (χ1v) is 6.07. The molecule has 2 rings (SSSR count). The molecule has 1 unspecified atom stereocenters. The second-order valence-electron chi connectivity index (χ2n) is 4.70. The molecule has 0 bridgehead atoms. The molecule has 4 nitrogen and oxygen atoms in total. The summed E-state index contributed by atoms with van der Waals surface area (Å²) in [5.41, 5.74) is 9.87. The number of pyridine rings is 1. The SMILES string of the molecule is Cc1cc(CC(C)N)nc(-c2cnccc2C)n1. The van der Waals surface area contributed by atoms with Gasteiger partial charge in [0.15, 0.2) is 5.82 Å². The van der Waals surface area contributed by atoms with E-state index >= 15 is 0 Å². The summed E-state index contributed by atoms with van der Waals surface area (Å²) in [4.78, 5) is 13.2. The maximum absolute atomic E-state index is 5.82. The zero-order chi connectivity index (χ0) is 13.1. The second-order valence-corrected chi connectivity index (χ2v) is 4.70. The summed E-state index contributed by atoms with van der Waals surface area (Å²) < 4.78 is 0. The Labute approximate surface area is 107 Å². The second kappa shape index (κ2) is 5.23. The Morgan fingerprint density at radius 2 is 2.06 bits per heavy atom. The van der Waals surface area contributed by atoms with Gasteiger partial charge in [0, 0.05) is 41.8 Å². The summed E-state index contributed by atoms with van der Waals surface area (Å²) >= 11 is 0. The highest BCUT2D eigenvalue weighted by Crippen LogP contribution is 2.19. The summed E-state index contributed by atoms with van der Waals surface area (Å²) in [6, 6.07) is 4.05. The summed E-state index contributed by atoms with van der Waals surface area (Å²) in [6.07, 6.45) is 4.34. The predicted octanol–water partition coefficient (Wildman–Crippen LogP) is 2.05. The van der Waals surface area contributed by atoms with Crippen molar-refractivity contribution in [3.63, 3.8) is 0 Å². The van der Waals surface area contributed by atoms with Crippen LogP contribution in [0.2, 0.25) is 0 Å².